The molecule has 0 fully saturated rings. The first-order valence-corrected chi connectivity index (χ1v) is 10.1. The molecule has 0 aliphatic rings. The molecule has 0 amide bonds. The molecule has 146 valence electrons. The highest BCUT2D eigenvalue weighted by Crippen LogP contribution is 2.34. The molecule has 0 N–H and O–H groups in total. The van der Waals surface area contributed by atoms with Gasteiger partial charge in [0.15, 0.2) is 12.4 Å². The van der Waals surface area contributed by atoms with Crippen molar-refractivity contribution in [3.63, 3.8) is 0 Å². The van der Waals surface area contributed by atoms with E-state index in [4.69, 9.17) is 0 Å². The number of aromatic nitrogens is 1. The lowest BCUT2D eigenvalue weighted by molar-refractivity contribution is -0.671. The molecule has 4 aromatic rings. The van der Waals surface area contributed by atoms with Crippen molar-refractivity contribution in [1.29, 1.82) is 0 Å². The van der Waals surface area contributed by atoms with E-state index in [0.29, 0.717) is 0 Å². The maximum absolute atomic E-state index is 2.27. The summed E-state index contributed by atoms with van der Waals surface area (Å²) in [7, 11) is 2.02. The Hall–Kier alpha value is -3.91. The second-order valence-electron chi connectivity index (χ2n) is 7.11. The van der Waals surface area contributed by atoms with Crippen LogP contribution >= 0.6 is 0 Å². The van der Waals surface area contributed by atoms with Crippen LogP contribution in [0, 0.1) is 0 Å². The maximum atomic E-state index is 2.27. The monoisotopic (exact) mass is 389 g/mol. The van der Waals surface area contributed by atoms with Crippen molar-refractivity contribution in [3.8, 4) is 0 Å². The van der Waals surface area contributed by atoms with Crippen LogP contribution in [-0.4, -0.2) is 0 Å². The molecule has 0 unspecified atom stereocenters. The Labute approximate surface area is 178 Å². The van der Waals surface area contributed by atoms with Crippen LogP contribution in [0.5, 0.6) is 0 Å². The number of hydrogen-bond donors (Lipinski definition) is 0. The van der Waals surface area contributed by atoms with E-state index in [1.807, 2.05) is 36.1 Å². The topological polar surface area (TPSA) is 7.12 Å². The molecule has 0 radical (unpaired) electrons. The fraction of sp³-hybridized carbons (Fsp3) is 0.0357. The van der Waals surface area contributed by atoms with Gasteiger partial charge in [0, 0.05) is 29.2 Å². The fourth-order valence-electron chi connectivity index (χ4n) is 3.29. The number of anilines is 3. The molecule has 1 heterocycles. The van der Waals surface area contributed by atoms with Crippen LogP contribution in [0.3, 0.4) is 0 Å². The van der Waals surface area contributed by atoms with E-state index in [-0.39, 0.29) is 0 Å². The summed E-state index contributed by atoms with van der Waals surface area (Å²) in [5.41, 5.74) is 5.79. The van der Waals surface area contributed by atoms with Crippen LogP contribution < -0.4 is 9.47 Å². The standard InChI is InChI=1S/C28H25N2/c1-29-22-20-25(21-23-29)11-9-8-10-24-16-18-28(19-17-24)30(26-12-4-2-5-13-26)27-14-6-3-7-15-27/h2-23H,1H3/q+1. The molecule has 0 spiro atoms. The molecule has 0 atom stereocenters. The Morgan fingerprint density at radius 3 is 1.47 bits per heavy atom. The van der Waals surface area contributed by atoms with Gasteiger partial charge in [-0.25, -0.2) is 4.57 Å². The van der Waals surface area contributed by atoms with Gasteiger partial charge in [0.2, 0.25) is 0 Å². The molecule has 0 saturated heterocycles. The number of benzene rings is 3. The van der Waals surface area contributed by atoms with Crippen LogP contribution in [0.1, 0.15) is 11.1 Å². The molecule has 3 aromatic carbocycles. The Kier molecular flexibility index (Phi) is 6.16. The van der Waals surface area contributed by atoms with E-state index in [0.717, 1.165) is 17.1 Å². The average Bonchev–Trinajstić information content (AvgIpc) is 2.80. The third-order valence-electron chi connectivity index (χ3n) is 4.87. The lowest BCUT2D eigenvalue weighted by atomic mass is 10.1. The first-order chi connectivity index (χ1) is 14.8. The van der Waals surface area contributed by atoms with Crippen molar-refractivity contribution < 1.29 is 4.57 Å². The molecule has 30 heavy (non-hydrogen) atoms. The average molecular weight is 390 g/mol. The summed E-state index contributed by atoms with van der Waals surface area (Å²) in [5.74, 6) is 0. The maximum Gasteiger partial charge on any atom is 0.169 e. The second-order valence-corrected chi connectivity index (χ2v) is 7.11. The number of pyridine rings is 1. The predicted octanol–water partition coefficient (Wildman–Crippen LogP) is 6.71. The van der Waals surface area contributed by atoms with Gasteiger partial charge in [-0.1, -0.05) is 72.8 Å². The first kappa shape index (κ1) is 19.4. The van der Waals surface area contributed by atoms with E-state index in [9.17, 15) is 0 Å². The number of rotatable bonds is 6. The minimum atomic E-state index is 1.14. The highest BCUT2D eigenvalue weighted by atomic mass is 15.1. The quantitative estimate of drug-likeness (QED) is 0.263. The molecule has 1 aromatic heterocycles. The zero-order valence-corrected chi connectivity index (χ0v) is 17.1. The van der Waals surface area contributed by atoms with Gasteiger partial charge < -0.3 is 4.90 Å². The van der Waals surface area contributed by atoms with E-state index in [1.54, 1.807) is 0 Å². The molecular formula is C28H25N2+. The molecule has 2 heteroatoms. The minimum absolute atomic E-state index is 1.14. The van der Waals surface area contributed by atoms with Gasteiger partial charge in [0.25, 0.3) is 0 Å². The van der Waals surface area contributed by atoms with Crippen LogP contribution in [0.2, 0.25) is 0 Å². The first-order valence-electron chi connectivity index (χ1n) is 10.1. The summed E-state index contributed by atoms with van der Waals surface area (Å²) in [6.07, 6.45) is 12.5. The predicted molar refractivity (Wildman–Crippen MR) is 127 cm³/mol. The molecule has 2 nitrogen and oxygen atoms in total. The molecule has 0 aliphatic heterocycles. The van der Waals surface area contributed by atoms with E-state index in [2.05, 4.69) is 114 Å². The van der Waals surface area contributed by atoms with E-state index in [1.165, 1.54) is 11.1 Å². The van der Waals surface area contributed by atoms with Crippen molar-refractivity contribution in [1.82, 2.24) is 0 Å². The lowest BCUT2D eigenvalue weighted by Gasteiger charge is -2.25. The van der Waals surface area contributed by atoms with E-state index < -0.39 is 0 Å². The van der Waals surface area contributed by atoms with Crippen molar-refractivity contribution in [3.05, 3.63) is 133 Å². The van der Waals surface area contributed by atoms with Crippen molar-refractivity contribution in [2.75, 3.05) is 4.90 Å². The number of aryl methyl sites for hydroxylation is 1. The summed E-state index contributed by atoms with van der Waals surface area (Å²) >= 11 is 0. The SMILES string of the molecule is C[n+]1ccc(/C=C/C=C/c2ccc(N(c3ccccc3)c3ccccc3)cc2)cc1. The zero-order valence-electron chi connectivity index (χ0n) is 17.1. The van der Waals surface area contributed by atoms with Crippen LogP contribution in [0.25, 0.3) is 12.2 Å². The van der Waals surface area contributed by atoms with Crippen molar-refractivity contribution in [2.45, 2.75) is 0 Å². The summed E-state index contributed by atoms with van der Waals surface area (Å²) in [6, 6.07) is 33.7. The Bertz CT molecular complexity index is 1070. The second kappa shape index (κ2) is 9.53. The molecule has 0 saturated carbocycles. The number of allylic oxidation sites excluding steroid dienone is 2. The lowest BCUT2D eigenvalue weighted by Crippen LogP contribution is -2.25. The summed E-state index contributed by atoms with van der Waals surface area (Å²) < 4.78 is 2.03. The summed E-state index contributed by atoms with van der Waals surface area (Å²) in [6.45, 7) is 0. The van der Waals surface area contributed by atoms with Gasteiger partial charge in [-0.3, -0.25) is 0 Å². The van der Waals surface area contributed by atoms with Crippen molar-refractivity contribution in [2.24, 2.45) is 7.05 Å². The van der Waals surface area contributed by atoms with E-state index >= 15 is 0 Å². The van der Waals surface area contributed by atoms with Gasteiger partial charge in [0.05, 0.1) is 0 Å². The summed E-state index contributed by atoms with van der Waals surface area (Å²) in [5, 5.41) is 0. The fourth-order valence-corrected chi connectivity index (χ4v) is 3.29. The van der Waals surface area contributed by atoms with Crippen LogP contribution in [0.15, 0.2) is 122 Å². The molecular weight excluding hydrogens is 364 g/mol. The van der Waals surface area contributed by atoms with Gasteiger partial charge in [-0.2, -0.15) is 0 Å². The van der Waals surface area contributed by atoms with Gasteiger partial charge in [0.1, 0.15) is 7.05 Å². The van der Waals surface area contributed by atoms with Gasteiger partial charge in [-0.05, 0) is 47.5 Å². The zero-order chi connectivity index (χ0) is 20.6. The minimum Gasteiger partial charge on any atom is -0.311 e. The smallest absolute Gasteiger partial charge is 0.169 e. The molecule has 0 aliphatic carbocycles. The third kappa shape index (κ3) is 4.92. The molecule has 4 rings (SSSR count). The van der Waals surface area contributed by atoms with Crippen LogP contribution in [-0.2, 0) is 7.05 Å². The van der Waals surface area contributed by atoms with Gasteiger partial charge in [-0.15, -0.1) is 0 Å². The van der Waals surface area contributed by atoms with Gasteiger partial charge >= 0.3 is 0 Å². The largest absolute Gasteiger partial charge is 0.311 e. The summed E-state index contributed by atoms with van der Waals surface area (Å²) in [4.78, 5) is 2.27. The number of nitrogens with zero attached hydrogens (tertiary/aromatic N) is 2. The normalized spacial score (nSPS) is 11.2. The third-order valence-corrected chi connectivity index (χ3v) is 4.87. The van der Waals surface area contributed by atoms with Crippen molar-refractivity contribution >= 4 is 29.2 Å². The highest BCUT2D eigenvalue weighted by Gasteiger charge is 2.11. The molecule has 0 bridgehead atoms. The Balaban J connectivity index is 1.53. The van der Waals surface area contributed by atoms with Crippen LogP contribution in [0.4, 0.5) is 17.1 Å². The Morgan fingerprint density at radius 1 is 0.533 bits per heavy atom. The Morgan fingerprint density at radius 2 is 0.967 bits per heavy atom. The highest BCUT2D eigenvalue weighted by molar-refractivity contribution is 5.77. The number of hydrogen-bond acceptors (Lipinski definition) is 1. The number of para-hydroxylation sites is 2.